The topological polar surface area (TPSA) is 56.6 Å². The van der Waals surface area contributed by atoms with Crippen molar-refractivity contribution in [3.8, 4) is 11.5 Å². The van der Waals surface area contributed by atoms with Crippen LogP contribution in [0.1, 0.15) is 24.8 Å². The molecule has 26 heavy (non-hydrogen) atoms. The fourth-order valence-corrected chi connectivity index (χ4v) is 3.34. The monoisotopic (exact) mass is 357 g/mol. The number of piperidine rings is 1. The molecule has 1 unspecified atom stereocenters. The second kappa shape index (κ2) is 8.74. The molecule has 1 aromatic carbocycles. The number of ether oxygens (including phenoxy) is 2. The molecule has 1 fully saturated rings. The van der Waals surface area contributed by atoms with Crippen LogP contribution in [0.4, 0.5) is 0 Å². The Hall–Kier alpha value is -2.50. The minimum Gasteiger partial charge on any atom is -0.497 e. The van der Waals surface area contributed by atoms with Gasteiger partial charge in [0.2, 0.25) is 5.91 Å². The molecule has 6 nitrogen and oxygen atoms in total. The highest BCUT2D eigenvalue weighted by atomic mass is 16.5. The lowest BCUT2D eigenvalue weighted by Crippen LogP contribution is -2.41. The summed E-state index contributed by atoms with van der Waals surface area (Å²) in [5.74, 6) is 2.19. The molecular weight excluding hydrogens is 330 g/mol. The van der Waals surface area contributed by atoms with Gasteiger partial charge in [-0.3, -0.25) is 9.48 Å². The van der Waals surface area contributed by atoms with Crippen molar-refractivity contribution in [2.45, 2.75) is 25.7 Å². The molecular formula is C20H27N3O3. The molecule has 1 aromatic heterocycles. The zero-order valence-electron chi connectivity index (χ0n) is 15.6. The molecule has 0 aliphatic carbocycles. The summed E-state index contributed by atoms with van der Waals surface area (Å²) in [6.07, 6.45) is 7.20. The number of carbonyl (C=O) groups is 1. The first kappa shape index (κ1) is 18.3. The fourth-order valence-electron chi connectivity index (χ4n) is 3.34. The predicted molar refractivity (Wildman–Crippen MR) is 99.3 cm³/mol. The molecule has 1 amide bonds. The number of hydrogen-bond acceptors (Lipinski definition) is 4. The zero-order valence-corrected chi connectivity index (χ0v) is 15.6. The first-order valence-electron chi connectivity index (χ1n) is 9.16. The number of nitrogens with zero attached hydrogens (tertiary/aromatic N) is 3. The normalized spacial score (nSPS) is 17.2. The minimum absolute atomic E-state index is 0.222. The molecule has 3 rings (SSSR count). The van der Waals surface area contributed by atoms with E-state index in [9.17, 15) is 4.79 Å². The molecule has 0 spiro atoms. The van der Waals surface area contributed by atoms with Crippen molar-refractivity contribution in [3.05, 3.63) is 42.2 Å². The first-order chi connectivity index (χ1) is 12.6. The maximum atomic E-state index is 12.5. The lowest BCUT2D eigenvalue weighted by molar-refractivity contribution is -0.133. The van der Waals surface area contributed by atoms with Gasteiger partial charge >= 0.3 is 0 Å². The average Bonchev–Trinajstić information content (AvgIpc) is 3.10. The van der Waals surface area contributed by atoms with E-state index in [4.69, 9.17) is 9.47 Å². The molecule has 0 saturated carbocycles. The summed E-state index contributed by atoms with van der Waals surface area (Å²) in [4.78, 5) is 14.5. The van der Waals surface area contributed by atoms with Crippen LogP contribution in [0.5, 0.6) is 11.5 Å². The first-order valence-corrected chi connectivity index (χ1v) is 9.16. The third kappa shape index (κ3) is 5.00. The summed E-state index contributed by atoms with van der Waals surface area (Å²) in [6, 6.07) is 7.64. The smallest absolute Gasteiger partial charge is 0.222 e. The van der Waals surface area contributed by atoms with Crippen LogP contribution in [0.25, 0.3) is 0 Å². The van der Waals surface area contributed by atoms with E-state index in [1.165, 1.54) is 0 Å². The number of rotatable bonds is 7. The number of methoxy groups -OCH3 is 1. The van der Waals surface area contributed by atoms with Crippen LogP contribution in [-0.4, -0.2) is 47.4 Å². The number of aromatic nitrogens is 2. The van der Waals surface area contributed by atoms with Crippen LogP contribution in [0.2, 0.25) is 0 Å². The van der Waals surface area contributed by atoms with Gasteiger partial charge in [0.15, 0.2) is 0 Å². The highest BCUT2D eigenvalue weighted by Gasteiger charge is 2.24. The molecule has 6 heteroatoms. The third-order valence-corrected chi connectivity index (χ3v) is 4.78. The van der Waals surface area contributed by atoms with Gasteiger partial charge in [0.05, 0.1) is 19.9 Å². The van der Waals surface area contributed by atoms with Crippen molar-refractivity contribution in [1.82, 2.24) is 14.7 Å². The summed E-state index contributed by atoms with van der Waals surface area (Å²) in [7, 11) is 3.54. The number of hydrogen-bond donors (Lipinski definition) is 0. The van der Waals surface area contributed by atoms with Crippen LogP contribution in [0, 0.1) is 5.92 Å². The molecule has 1 saturated heterocycles. The molecule has 0 radical (unpaired) electrons. The maximum Gasteiger partial charge on any atom is 0.222 e. The second-order valence-corrected chi connectivity index (χ2v) is 6.86. The molecule has 0 N–H and O–H groups in total. The van der Waals surface area contributed by atoms with Crippen molar-refractivity contribution < 1.29 is 14.3 Å². The highest BCUT2D eigenvalue weighted by Crippen LogP contribution is 2.22. The van der Waals surface area contributed by atoms with Crippen LogP contribution in [0.15, 0.2) is 36.7 Å². The number of aryl methyl sites for hydroxylation is 2. The van der Waals surface area contributed by atoms with Gasteiger partial charge in [-0.25, -0.2) is 0 Å². The lowest BCUT2D eigenvalue weighted by Gasteiger charge is -2.32. The Morgan fingerprint density at radius 2 is 2.19 bits per heavy atom. The maximum absolute atomic E-state index is 12.5. The Bertz CT molecular complexity index is 729. The van der Waals surface area contributed by atoms with Crippen molar-refractivity contribution in [3.63, 3.8) is 0 Å². The molecule has 1 atom stereocenters. The number of carbonyl (C=O) groups excluding carboxylic acids is 1. The zero-order chi connectivity index (χ0) is 18.4. The quantitative estimate of drug-likeness (QED) is 0.764. The number of benzene rings is 1. The van der Waals surface area contributed by atoms with Gasteiger partial charge in [-0.05, 0) is 37.0 Å². The molecule has 1 aliphatic rings. The second-order valence-electron chi connectivity index (χ2n) is 6.86. The van der Waals surface area contributed by atoms with Gasteiger partial charge in [-0.1, -0.05) is 6.07 Å². The van der Waals surface area contributed by atoms with Crippen LogP contribution >= 0.6 is 0 Å². The SMILES string of the molecule is COc1cccc(OCC2CCCN(C(=O)CCc3cnn(C)c3)C2)c1. The molecule has 140 valence electrons. The Kier molecular flexibility index (Phi) is 6.15. The summed E-state index contributed by atoms with van der Waals surface area (Å²) in [5.41, 5.74) is 1.11. The third-order valence-electron chi connectivity index (χ3n) is 4.78. The number of likely N-dealkylation sites (tertiary alicyclic amines) is 1. The van der Waals surface area contributed by atoms with Crippen molar-refractivity contribution in [2.24, 2.45) is 13.0 Å². The highest BCUT2D eigenvalue weighted by molar-refractivity contribution is 5.76. The Morgan fingerprint density at radius 1 is 1.35 bits per heavy atom. The van der Waals surface area contributed by atoms with Gasteiger partial charge in [0, 0.05) is 44.7 Å². The van der Waals surface area contributed by atoms with E-state index < -0.39 is 0 Å². The minimum atomic E-state index is 0.222. The van der Waals surface area contributed by atoms with E-state index in [-0.39, 0.29) is 5.91 Å². The van der Waals surface area contributed by atoms with Crippen LogP contribution in [-0.2, 0) is 18.3 Å². The Balaban J connectivity index is 1.46. The van der Waals surface area contributed by atoms with Crippen LogP contribution < -0.4 is 9.47 Å². The number of amides is 1. The molecule has 1 aliphatic heterocycles. The molecule has 2 heterocycles. The van der Waals surface area contributed by atoms with Gasteiger partial charge in [0.1, 0.15) is 11.5 Å². The van der Waals surface area contributed by atoms with E-state index >= 15 is 0 Å². The van der Waals surface area contributed by atoms with E-state index in [1.54, 1.807) is 11.8 Å². The summed E-state index contributed by atoms with van der Waals surface area (Å²) in [5, 5.41) is 4.15. The Labute approximate surface area is 154 Å². The van der Waals surface area contributed by atoms with Crippen LogP contribution in [0.3, 0.4) is 0 Å². The lowest BCUT2D eigenvalue weighted by atomic mass is 9.98. The fraction of sp³-hybridized carbons (Fsp3) is 0.500. The van der Waals surface area contributed by atoms with E-state index in [1.807, 2.05) is 48.6 Å². The van der Waals surface area contributed by atoms with Gasteiger partial charge < -0.3 is 14.4 Å². The van der Waals surface area contributed by atoms with Gasteiger partial charge in [-0.15, -0.1) is 0 Å². The van der Waals surface area contributed by atoms with Gasteiger partial charge in [-0.2, -0.15) is 5.10 Å². The average molecular weight is 357 g/mol. The van der Waals surface area contributed by atoms with E-state index in [0.717, 1.165) is 49.4 Å². The Morgan fingerprint density at radius 3 is 2.96 bits per heavy atom. The van der Waals surface area contributed by atoms with Crippen molar-refractivity contribution in [1.29, 1.82) is 0 Å². The standard InChI is InChI=1S/C20H27N3O3/c1-22-13-16(12-21-22)8-9-20(24)23-10-4-5-17(14-23)15-26-19-7-3-6-18(11-19)25-2/h3,6-7,11-13,17H,4-5,8-10,14-15H2,1-2H3. The summed E-state index contributed by atoms with van der Waals surface area (Å²) >= 11 is 0. The van der Waals surface area contributed by atoms with Crippen molar-refractivity contribution in [2.75, 3.05) is 26.8 Å². The molecule has 2 aromatic rings. The largest absolute Gasteiger partial charge is 0.497 e. The van der Waals surface area contributed by atoms with E-state index in [0.29, 0.717) is 18.9 Å². The molecule has 0 bridgehead atoms. The van der Waals surface area contributed by atoms with E-state index in [2.05, 4.69) is 5.10 Å². The van der Waals surface area contributed by atoms with Gasteiger partial charge in [0.25, 0.3) is 0 Å². The summed E-state index contributed by atoms with van der Waals surface area (Å²) < 4.78 is 12.9. The predicted octanol–water partition coefficient (Wildman–Crippen LogP) is 2.68. The van der Waals surface area contributed by atoms with Crippen molar-refractivity contribution >= 4 is 5.91 Å². The summed E-state index contributed by atoms with van der Waals surface area (Å²) in [6.45, 7) is 2.25.